The zero-order chi connectivity index (χ0) is 16.8. The molecule has 6 heteroatoms. The minimum Gasteiger partial charge on any atom is -0.467 e. The van der Waals surface area contributed by atoms with Gasteiger partial charge in [-0.15, -0.1) is 11.3 Å². The molecule has 0 aliphatic carbocycles. The van der Waals surface area contributed by atoms with Gasteiger partial charge in [0.05, 0.1) is 11.4 Å². The molecule has 0 bridgehead atoms. The molecule has 2 heterocycles. The lowest BCUT2D eigenvalue weighted by atomic mass is 10.0. The number of nitrogens with one attached hydrogen (secondary N) is 1. The third-order valence-electron chi connectivity index (χ3n) is 3.68. The molecular weight excluding hydrogens is 322 g/mol. The fourth-order valence-corrected chi connectivity index (χ4v) is 3.27. The average molecular weight is 341 g/mol. The van der Waals surface area contributed by atoms with Gasteiger partial charge in [-0.25, -0.2) is 9.97 Å². The fraction of sp³-hybridized carbons (Fsp3) is 0.278. The van der Waals surface area contributed by atoms with Gasteiger partial charge in [0.1, 0.15) is 11.2 Å². The van der Waals surface area contributed by atoms with Crippen LogP contribution in [-0.2, 0) is 4.79 Å². The number of hydrogen-bond donors (Lipinski definition) is 1. The molecule has 24 heavy (non-hydrogen) atoms. The highest BCUT2D eigenvalue weighted by molar-refractivity contribution is 7.16. The molecule has 0 saturated heterocycles. The van der Waals surface area contributed by atoms with Crippen LogP contribution in [0.2, 0.25) is 0 Å². The van der Waals surface area contributed by atoms with Crippen molar-refractivity contribution in [3.05, 3.63) is 53.7 Å². The highest BCUT2D eigenvalue weighted by atomic mass is 32.1. The van der Waals surface area contributed by atoms with Gasteiger partial charge in [-0.3, -0.25) is 4.79 Å². The Kier molecular flexibility index (Phi) is 5.38. The van der Waals surface area contributed by atoms with Crippen LogP contribution in [-0.4, -0.2) is 22.5 Å². The van der Waals surface area contributed by atoms with E-state index in [0.29, 0.717) is 5.88 Å². The van der Waals surface area contributed by atoms with E-state index in [-0.39, 0.29) is 18.6 Å². The molecule has 0 fully saturated rings. The van der Waals surface area contributed by atoms with Crippen LogP contribution in [0.5, 0.6) is 5.88 Å². The first-order valence-corrected chi connectivity index (χ1v) is 8.81. The first-order chi connectivity index (χ1) is 11.8. The first kappa shape index (κ1) is 16.4. The largest absolute Gasteiger partial charge is 0.467 e. The van der Waals surface area contributed by atoms with E-state index >= 15 is 0 Å². The highest BCUT2D eigenvalue weighted by Gasteiger charge is 2.15. The van der Waals surface area contributed by atoms with Gasteiger partial charge < -0.3 is 10.1 Å². The van der Waals surface area contributed by atoms with E-state index in [9.17, 15) is 4.79 Å². The van der Waals surface area contributed by atoms with Gasteiger partial charge >= 0.3 is 0 Å². The number of nitrogens with zero attached hydrogens (tertiary/aromatic N) is 2. The second-order valence-corrected chi connectivity index (χ2v) is 6.32. The normalized spacial score (nSPS) is 12.0. The number of carbonyl (C=O) groups is 1. The smallest absolute Gasteiger partial charge is 0.258 e. The fourth-order valence-electron chi connectivity index (χ4n) is 2.55. The third kappa shape index (κ3) is 3.89. The summed E-state index contributed by atoms with van der Waals surface area (Å²) in [4.78, 5) is 21.4. The molecule has 1 unspecified atom stereocenters. The van der Waals surface area contributed by atoms with E-state index in [0.717, 1.165) is 28.6 Å². The monoisotopic (exact) mass is 341 g/mol. The maximum Gasteiger partial charge on any atom is 0.258 e. The maximum atomic E-state index is 12.3. The van der Waals surface area contributed by atoms with Crippen molar-refractivity contribution >= 4 is 27.5 Å². The summed E-state index contributed by atoms with van der Waals surface area (Å²) in [7, 11) is 0. The predicted molar refractivity (Wildman–Crippen MR) is 95.1 cm³/mol. The summed E-state index contributed by atoms with van der Waals surface area (Å²) in [5, 5.41) is 5.81. The molecule has 2 aromatic heterocycles. The van der Waals surface area contributed by atoms with Crippen molar-refractivity contribution in [2.45, 2.75) is 25.8 Å². The van der Waals surface area contributed by atoms with Crippen LogP contribution in [0.25, 0.3) is 10.2 Å². The highest BCUT2D eigenvalue weighted by Crippen LogP contribution is 2.25. The van der Waals surface area contributed by atoms with Gasteiger partial charge in [0.2, 0.25) is 5.88 Å². The van der Waals surface area contributed by atoms with Crippen LogP contribution in [0.3, 0.4) is 0 Å². The molecule has 1 amide bonds. The zero-order valence-corrected chi connectivity index (χ0v) is 14.3. The Balaban J connectivity index is 1.63. The summed E-state index contributed by atoms with van der Waals surface area (Å²) in [6.45, 7) is 2.04. The molecule has 0 radical (unpaired) electrons. The number of carbonyl (C=O) groups excluding carboxylic acids is 1. The Morgan fingerprint density at radius 2 is 2.08 bits per heavy atom. The average Bonchev–Trinajstić information content (AvgIpc) is 3.09. The molecule has 3 rings (SSSR count). The number of amides is 1. The minimum absolute atomic E-state index is 0.00105. The molecule has 1 N–H and O–H groups in total. The predicted octanol–water partition coefficient (Wildman–Crippen LogP) is 3.73. The molecule has 1 atom stereocenters. The molecule has 124 valence electrons. The lowest BCUT2D eigenvalue weighted by molar-refractivity contribution is -0.123. The van der Waals surface area contributed by atoms with Crippen molar-refractivity contribution in [3.63, 3.8) is 0 Å². The summed E-state index contributed by atoms with van der Waals surface area (Å²) < 4.78 is 5.60. The maximum absolute atomic E-state index is 12.3. The number of fused-ring (bicyclic) bond motifs is 1. The zero-order valence-electron chi connectivity index (χ0n) is 13.4. The van der Waals surface area contributed by atoms with Crippen molar-refractivity contribution in [2.24, 2.45) is 0 Å². The number of hydrogen-bond acceptors (Lipinski definition) is 5. The van der Waals surface area contributed by atoms with Crippen molar-refractivity contribution in [3.8, 4) is 5.88 Å². The molecule has 0 saturated carbocycles. The topological polar surface area (TPSA) is 64.1 Å². The first-order valence-electron chi connectivity index (χ1n) is 7.93. The quantitative estimate of drug-likeness (QED) is 0.711. The van der Waals surface area contributed by atoms with Crippen LogP contribution >= 0.6 is 11.3 Å². The Bertz CT molecular complexity index is 804. The van der Waals surface area contributed by atoms with E-state index in [4.69, 9.17) is 4.74 Å². The number of aromatic nitrogens is 2. The molecule has 5 nitrogen and oxygen atoms in total. The van der Waals surface area contributed by atoms with Crippen LogP contribution in [0.4, 0.5) is 0 Å². The van der Waals surface area contributed by atoms with E-state index in [2.05, 4.69) is 22.2 Å². The SMILES string of the molecule is CCCC(NC(=O)COc1ncnc2sccc12)c1ccccc1. The van der Waals surface area contributed by atoms with Crippen LogP contribution in [0, 0.1) is 0 Å². The lowest BCUT2D eigenvalue weighted by Gasteiger charge is -2.18. The van der Waals surface area contributed by atoms with E-state index < -0.39 is 0 Å². The number of thiophene rings is 1. The summed E-state index contributed by atoms with van der Waals surface area (Å²) in [5.74, 6) is 0.294. The van der Waals surface area contributed by atoms with Gasteiger partial charge in [0.25, 0.3) is 5.91 Å². The van der Waals surface area contributed by atoms with Gasteiger partial charge in [-0.05, 0) is 23.4 Å². The Morgan fingerprint density at radius 1 is 1.25 bits per heavy atom. The van der Waals surface area contributed by atoms with E-state index in [1.165, 1.54) is 17.7 Å². The molecule has 0 aliphatic heterocycles. The van der Waals surface area contributed by atoms with Gasteiger partial charge in [0, 0.05) is 0 Å². The summed E-state index contributed by atoms with van der Waals surface area (Å²) in [5.41, 5.74) is 1.11. The number of rotatable bonds is 7. The van der Waals surface area contributed by atoms with Crippen LogP contribution in [0.15, 0.2) is 48.1 Å². The van der Waals surface area contributed by atoms with E-state index in [1.807, 2.05) is 41.8 Å². The Hall–Kier alpha value is -2.47. The minimum atomic E-state index is -0.153. The lowest BCUT2D eigenvalue weighted by Crippen LogP contribution is -2.32. The van der Waals surface area contributed by atoms with Crippen LogP contribution < -0.4 is 10.1 Å². The number of benzene rings is 1. The summed E-state index contributed by atoms with van der Waals surface area (Å²) in [6, 6.07) is 11.9. The second kappa shape index (κ2) is 7.88. The Morgan fingerprint density at radius 3 is 2.88 bits per heavy atom. The van der Waals surface area contributed by atoms with Gasteiger partial charge in [-0.2, -0.15) is 0 Å². The van der Waals surface area contributed by atoms with Gasteiger partial charge in [-0.1, -0.05) is 43.7 Å². The van der Waals surface area contributed by atoms with Gasteiger partial charge in [0.15, 0.2) is 6.61 Å². The summed E-state index contributed by atoms with van der Waals surface area (Å²) in [6.07, 6.45) is 3.33. The Labute approximate surface area is 144 Å². The molecule has 3 aromatic rings. The van der Waals surface area contributed by atoms with Crippen molar-refractivity contribution in [2.75, 3.05) is 6.61 Å². The molecule has 1 aromatic carbocycles. The number of ether oxygens (including phenoxy) is 1. The third-order valence-corrected chi connectivity index (χ3v) is 4.50. The second-order valence-electron chi connectivity index (χ2n) is 5.43. The van der Waals surface area contributed by atoms with E-state index in [1.54, 1.807) is 0 Å². The molecule has 0 aliphatic rings. The van der Waals surface area contributed by atoms with Crippen molar-refractivity contribution in [1.82, 2.24) is 15.3 Å². The molecule has 0 spiro atoms. The standard InChI is InChI=1S/C18H19N3O2S/c1-2-6-15(13-7-4-3-5-8-13)21-16(22)11-23-17-14-9-10-24-18(14)20-12-19-17/h3-5,7-10,12,15H,2,6,11H2,1H3,(H,21,22). The van der Waals surface area contributed by atoms with Crippen molar-refractivity contribution in [1.29, 1.82) is 0 Å². The van der Waals surface area contributed by atoms with Crippen LogP contribution in [0.1, 0.15) is 31.4 Å². The summed E-state index contributed by atoms with van der Waals surface area (Å²) >= 11 is 1.52. The van der Waals surface area contributed by atoms with Crippen molar-refractivity contribution < 1.29 is 9.53 Å². The molecular formula is C18H19N3O2S.